The zero-order chi connectivity index (χ0) is 26.0. The largest absolute Gasteiger partial charge is 0.385 e. The van der Waals surface area contributed by atoms with Crippen LogP contribution in [-0.2, 0) is 18.3 Å². The zero-order valence-electron chi connectivity index (χ0n) is 21.6. The molecule has 0 bridgehead atoms. The molecule has 0 aliphatic carbocycles. The van der Waals surface area contributed by atoms with Gasteiger partial charge in [-0.3, -0.25) is 14.9 Å². The standard InChI is InChI=1S/C27H36F2N6O/c1-5-20(6-2)32-24-9-11-34(17(3)36)16-23(24)27(30)35-10-7-8-18-12-21(19-14-31-33(4)15-19)22(26(28)29)13-25(18)35/h12-15,20,26,30,32H,5-11,16H2,1-4H3. The van der Waals surface area contributed by atoms with Crippen molar-refractivity contribution in [3.63, 3.8) is 0 Å². The molecule has 0 saturated heterocycles. The van der Waals surface area contributed by atoms with Gasteiger partial charge in [0.1, 0.15) is 5.84 Å². The topological polar surface area (TPSA) is 77.2 Å². The van der Waals surface area contributed by atoms with Crippen molar-refractivity contribution in [3.8, 4) is 11.1 Å². The monoisotopic (exact) mass is 498 g/mol. The normalized spacial score (nSPS) is 16.1. The minimum absolute atomic E-state index is 0.0259. The van der Waals surface area contributed by atoms with Crippen LogP contribution in [0.2, 0.25) is 0 Å². The molecule has 2 aliphatic heterocycles. The number of aromatic nitrogens is 2. The quantitative estimate of drug-likeness (QED) is 0.414. The molecular weight excluding hydrogens is 462 g/mol. The summed E-state index contributed by atoms with van der Waals surface area (Å²) in [5, 5.41) is 17.0. The van der Waals surface area contributed by atoms with Gasteiger partial charge in [-0.15, -0.1) is 0 Å². The summed E-state index contributed by atoms with van der Waals surface area (Å²) in [5.41, 5.74) is 4.45. The summed E-state index contributed by atoms with van der Waals surface area (Å²) in [6, 6.07) is 3.68. The van der Waals surface area contributed by atoms with Gasteiger partial charge in [0, 0.05) is 73.8 Å². The second-order valence-corrected chi connectivity index (χ2v) is 9.68. The Balaban J connectivity index is 1.76. The van der Waals surface area contributed by atoms with Crippen molar-refractivity contribution in [2.75, 3.05) is 24.5 Å². The van der Waals surface area contributed by atoms with Crippen LogP contribution in [0.3, 0.4) is 0 Å². The maximum atomic E-state index is 14.2. The van der Waals surface area contributed by atoms with Gasteiger partial charge in [0.15, 0.2) is 0 Å². The van der Waals surface area contributed by atoms with Gasteiger partial charge in [0.05, 0.1) is 12.7 Å². The van der Waals surface area contributed by atoms with Gasteiger partial charge < -0.3 is 15.1 Å². The molecule has 9 heteroatoms. The van der Waals surface area contributed by atoms with Gasteiger partial charge in [-0.25, -0.2) is 8.78 Å². The molecule has 0 saturated carbocycles. The van der Waals surface area contributed by atoms with E-state index in [1.807, 2.05) is 11.0 Å². The van der Waals surface area contributed by atoms with E-state index in [0.29, 0.717) is 42.9 Å². The molecule has 1 aromatic heterocycles. The smallest absolute Gasteiger partial charge is 0.264 e. The Labute approximate surface area is 211 Å². The van der Waals surface area contributed by atoms with Crippen LogP contribution >= 0.6 is 0 Å². The van der Waals surface area contributed by atoms with E-state index in [9.17, 15) is 19.0 Å². The Morgan fingerprint density at radius 2 is 1.94 bits per heavy atom. The van der Waals surface area contributed by atoms with E-state index in [1.54, 1.807) is 42.0 Å². The number of benzene rings is 1. The predicted molar refractivity (Wildman–Crippen MR) is 138 cm³/mol. The minimum atomic E-state index is -2.65. The van der Waals surface area contributed by atoms with Crippen LogP contribution in [0.1, 0.15) is 64.0 Å². The first kappa shape index (κ1) is 25.9. The Morgan fingerprint density at radius 3 is 2.56 bits per heavy atom. The van der Waals surface area contributed by atoms with Gasteiger partial charge in [0.25, 0.3) is 6.43 Å². The van der Waals surface area contributed by atoms with Crippen molar-refractivity contribution >= 4 is 17.4 Å². The van der Waals surface area contributed by atoms with Crippen LogP contribution in [0.15, 0.2) is 35.8 Å². The van der Waals surface area contributed by atoms with Gasteiger partial charge in [-0.05, 0) is 48.9 Å². The second-order valence-electron chi connectivity index (χ2n) is 9.68. The van der Waals surface area contributed by atoms with E-state index in [4.69, 9.17) is 0 Å². The third kappa shape index (κ3) is 5.15. The molecule has 2 N–H and O–H groups in total. The Kier molecular flexibility index (Phi) is 7.76. The average Bonchev–Trinajstić information content (AvgIpc) is 3.31. The first-order valence-electron chi connectivity index (χ1n) is 12.8. The van der Waals surface area contributed by atoms with E-state index in [-0.39, 0.29) is 23.3 Å². The van der Waals surface area contributed by atoms with Crippen molar-refractivity contribution in [2.45, 2.75) is 65.3 Å². The fourth-order valence-electron chi connectivity index (χ4n) is 5.18. The molecule has 1 aromatic carbocycles. The van der Waals surface area contributed by atoms with E-state index >= 15 is 0 Å². The third-order valence-electron chi connectivity index (χ3n) is 7.33. The van der Waals surface area contributed by atoms with Crippen molar-refractivity contribution in [1.82, 2.24) is 20.0 Å². The highest BCUT2D eigenvalue weighted by Gasteiger charge is 2.31. The lowest BCUT2D eigenvalue weighted by atomic mass is 9.92. The fourth-order valence-corrected chi connectivity index (χ4v) is 5.18. The number of hydrogen-bond donors (Lipinski definition) is 2. The van der Waals surface area contributed by atoms with Gasteiger partial charge in [0.2, 0.25) is 5.91 Å². The number of rotatable bonds is 7. The van der Waals surface area contributed by atoms with Crippen molar-refractivity contribution in [3.05, 3.63) is 46.9 Å². The lowest BCUT2D eigenvalue weighted by molar-refractivity contribution is -0.128. The van der Waals surface area contributed by atoms with Crippen molar-refractivity contribution < 1.29 is 13.6 Å². The Hall–Kier alpha value is -3.23. The van der Waals surface area contributed by atoms with E-state index in [1.165, 1.54) is 0 Å². The number of nitrogens with one attached hydrogen (secondary N) is 2. The highest BCUT2D eigenvalue weighted by Crippen LogP contribution is 2.39. The van der Waals surface area contributed by atoms with Crippen LogP contribution in [0.4, 0.5) is 14.5 Å². The highest BCUT2D eigenvalue weighted by molar-refractivity contribution is 6.09. The molecule has 2 aromatic rings. The molecule has 0 spiro atoms. The number of nitrogens with zero attached hydrogens (tertiary/aromatic N) is 4. The number of anilines is 1. The summed E-state index contributed by atoms with van der Waals surface area (Å²) < 4.78 is 30.1. The maximum Gasteiger partial charge on any atom is 0.264 e. The SMILES string of the molecule is CCC(CC)NC1=C(C(=N)N2CCCc3cc(-c4cnn(C)c4)c(C(F)F)cc32)CN(C(C)=O)CC1. The minimum Gasteiger partial charge on any atom is -0.385 e. The van der Waals surface area contributed by atoms with Crippen molar-refractivity contribution in [2.24, 2.45) is 7.05 Å². The summed E-state index contributed by atoms with van der Waals surface area (Å²) in [6.07, 6.45) is 4.83. The van der Waals surface area contributed by atoms with E-state index in [2.05, 4.69) is 24.3 Å². The fraction of sp³-hybridized carbons (Fsp3) is 0.519. The summed E-state index contributed by atoms with van der Waals surface area (Å²) in [7, 11) is 1.77. The van der Waals surface area contributed by atoms with Crippen LogP contribution in [0.5, 0.6) is 0 Å². The molecule has 3 heterocycles. The molecule has 0 fully saturated rings. The van der Waals surface area contributed by atoms with Gasteiger partial charge in [-0.1, -0.05) is 13.8 Å². The number of alkyl halides is 2. The maximum absolute atomic E-state index is 14.2. The van der Waals surface area contributed by atoms with Crippen LogP contribution in [0.25, 0.3) is 11.1 Å². The second kappa shape index (κ2) is 10.8. The Morgan fingerprint density at radius 1 is 1.19 bits per heavy atom. The zero-order valence-corrected chi connectivity index (χ0v) is 21.6. The van der Waals surface area contributed by atoms with Gasteiger partial charge >= 0.3 is 0 Å². The first-order valence-corrected chi connectivity index (χ1v) is 12.8. The molecule has 4 rings (SSSR count). The molecule has 2 aliphatic rings. The third-order valence-corrected chi connectivity index (χ3v) is 7.33. The predicted octanol–water partition coefficient (Wildman–Crippen LogP) is 5.04. The number of carbonyl (C=O) groups excluding carboxylic acids is 1. The number of hydrogen-bond acceptors (Lipinski definition) is 4. The summed E-state index contributed by atoms with van der Waals surface area (Å²) >= 11 is 0. The molecule has 0 unspecified atom stereocenters. The van der Waals surface area contributed by atoms with E-state index in [0.717, 1.165) is 42.5 Å². The van der Waals surface area contributed by atoms with Crippen LogP contribution < -0.4 is 10.2 Å². The van der Waals surface area contributed by atoms with Gasteiger partial charge in [-0.2, -0.15) is 5.10 Å². The van der Waals surface area contributed by atoms with Crippen LogP contribution in [0, 0.1) is 5.41 Å². The molecule has 1 amide bonds. The lowest BCUT2D eigenvalue weighted by Gasteiger charge is -2.38. The highest BCUT2D eigenvalue weighted by atomic mass is 19.3. The molecule has 36 heavy (non-hydrogen) atoms. The molecule has 7 nitrogen and oxygen atoms in total. The number of amidine groups is 1. The number of amides is 1. The number of carbonyl (C=O) groups is 1. The van der Waals surface area contributed by atoms with Crippen molar-refractivity contribution in [1.29, 1.82) is 5.41 Å². The molecule has 0 radical (unpaired) electrons. The first-order chi connectivity index (χ1) is 17.2. The molecule has 194 valence electrons. The molecule has 0 atom stereocenters. The summed E-state index contributed by atoms with van der Waals surface area (Å²) in [4.78, 5) is 15.8. The average molecular weight is 499 g/mol. The van der Waals surface area contributed by atoms with Crippen LogP contribution in [-0.4, -0.2) is 52.1 Å². The number of fused-ring (bicyclic) bond motifs is 1. The Bertz CT molecular complexity index is 1170. The lowest BCUT2D eigenvalue weighted by Crippen LogP contribution is -2.46. The van der Waals surface area contributed by atoms with E-state index < -0.39 is 6.43 Å². The summed E-state index contributed by atoms with van der Waals surface area (Å²) in [5.74, 6) is 0.256. The molecular formula is C27H36F2N6O. The number of aryl methyl sites for hydroxylation is 2. The number of halogens is 2. The summed E-state index contributed by atoms with van der Waals surface area (Å²) in [6.45, 7) is 7.33.